The molecule has 0 saturated carbocycles. The molecule has 0 aliphatic rings. The smallest absolute Gasteiger partial charge is 0.262 e. The van der Waals surface area contributed by atoms with Crippen LogP contribution in [0.15, 0.2) is 35.1 Å². The third-order valence-corrected chi connectivity index (χ3v) is 5.16. The van der Waals surface area contributed by atoms with Crippen molar-refractivity contribution < 1.29 is 4.79 Å². The lowest BCUT2D eigenvalue weighted by atomic mass is 10.2. The fourth-order valence-corrected chi connectivity index (χ4v) is 3.57. The van der Waals surface area contributed by atoms with Crippen molar-refractivity contribution in [2.45, 2.75) is 26.3 Å². The molecule has 5 nitrogen and oxygen atoms in total. The Balaban J connectivity index is 2.23. The van der Waals surface area contributed by atoms with Gasteiger partial charge in [-0.25, -0.2) is 4.98 Å². The van der Waals surface area contributed by atoms with Crippen LogP contribution in [0.25, 0.3) is 21.6 Å². The Hall–Kier alpha value is -2.18. The van der Waals surface area contributed by atoms with E-state index < -0.39 is 5.91 Å². The number of fused-ring (bicyclic) bond motifs is 1. The molecule has 0 radical (unpaired) electrons. The topological polar surface area (TPSA) is 78.0 Å². The van der Waals surface area contributed by atoms with Crippen LogP contribution in [0.1, 0.15) is 18.2 Å². The van der Waals surface area contributed by atoms with Crippen molar-refractivity contribution in [1.82, 2.24) is 9.55 Å². The van der Waals surface area contributed by atoms with Gasteiger partial charge in [-0.05, 0) is 36.8 Å². The number of carbonyl (C=O) groups excluding carboxylic acids is 1. The zero-order valence-electron chi connectivity index (χ0n) is 13.1. The van der Waals surface area contributed by atoms with Crippen LogP contribution >= 0.6 is 22.9 Å². The highest BCUT2D eigenvalue weighted by atomic mass is 35.5. The monoisotopic (exact) mass is 361 g/mol. The molecule has 0 aliphatic heterocycles. The van der Waals surface area contributed by atoms with E-state index in [4.69, 9.17) is 17.3 Å². The van der Waals surface area contributed by atoms with Crippen LogP contribution in [-0.2, 0) is 17.8 Å². The Morgan fingerprint density at radius 1 is 1.33 bits per heavy atom. The van der Waals surface area contributed by atoms with E-state index in [1.54, 1.807) is 12.1 Å². The van der Waals surface area contributed by atoms with E-state index in [2.05, 4.69) is 4.98 Å². The lowest BCUT2D eigenvalue weighted by Crippen LogP contribution is -2.25. The lowest BCUT2D eigenvalue weighted by Gasteiger charge is -2.11. The van der Waals surface area contributed by atoms with Gasteiger partial charge in [-0.15, -0.1) is 11.3 Å². The maximum atomic E-state index is 12.9. The van der Waals surface area contributed by atoms with E-state index in [-0.39, 0.29) is 18.5 Å². The van der Waals surface area contributed by atoms with Gasteiger partial charge in [0.05, 0.1) is 5.39 Å². The largest absolute Gasteiger partial charge is 0.370 e. The summed E-state index contributed by atoms with van der Waals surface area (Å²) in [4.78, 5) is 30.5. The third kappa shape index (κ3) is 3.20. The van der Waals surface area contributed by atoms with Crippen molar-refractivity contribution in [2.24, 2.45) is 5.73 Å². The van der Waals surface area contributed by atoms with Gasteiger partial charge in [0.1, 0.15) is 10.7 Å². The number of aryl methyl sites for hydroxylation is 1. The second-order valence-electron chi connectivity index (χ2n) is 5.40. The molecular formula is C17H16ClN3O2S. The number of hydrogen-bond acceptors (Lipinski definition) is 4. The van der Waals surface area contributed by atoms with Crippen molar-refractivity contribution >= 4 is 39.1 Å². The maximum Gasteiger partial charge on any atom is 0.262 e. The van der Waals surface area contributed by atoms with Gasteiger partial charge in [0.25, 0.3) is 5.56 Å². The Kier molecular flexibility index (Phi) is 4.69. The summed E-state index contributed by atoms with van der Waals surface area (Å²) in [5, 5.41) is 1.19. The van der Waals surface area contributed by atoms with E-state index >= 15 is 0 Å². The molecule has 3 aromatic rings. The number of halogens is 1. The first-order valence-corrected chi connectivity index (χ1v) is 8.76. The summed E-state index contributed by atoms with van der Waals surface area (Å²) < 4.78 is 1.52. The molecule has 24 heavy (non-hydrogen) atoms. The van der Waals surface area contributed by atoms with Crippen LogP contribution in [0.4, 0.5) is 0 Å². The predicted octanol–water partition coefficient (Wildman–Crippen LogP) is 3.22. The fourth-order valence-electron chi connectivity index (χ4n) is 2.49. The van der Waals surface area contributed by atoms with Crippen LogP contribution < -0.4 is 11.3 Å². The molecule has 0 aliphatic carbocycles. The summed E-state index contributed by atoms with van der Waals surface area (Å²) in [6.07, 6.45) is 0.927. The summed E-state index contributed by atoms with van der Waals surface area (Å²) in [7, 11) is 0. The second kappa shape index (κ2) is 6.75. The third-order valence-electron chi connectivity index (χ3n) is 3.73. The molecule has 0 atom stereocenters. The van der Waals surface area contributed by atoms with Crippen molar-refractivity contribution in [3.8, 4) is 11.4 Å². The SMILES string of the molecule is CCc1cc2c(=O)n(CCC(N)=O)c(-c3ccc(Cl)cc3)nc2s1. The highest BCUT2D eigenvalue weighted by Gasteiger charge is 2.15. The first-order valence-electron chi connectivity index (χ1n) is 7.57. The summed E-state index contributed by atoms with van der Waals surface area (Å²) >= 11 is 7.46. The zero-order chi connectivity index (χ0) is 17.3. The van der Waals surface area contributed by atoms with Crippen molar-refractivity contribution in [3.05, 3.63) is 50.6 Å². The van der Waals surface area contributed by atoms with Gasteiger partial charge in [0, 0.05) is 28.4 Å². The molecule has 7 heteroatoms. The number of hydrogen-bond donors (Lipinski definition) is 1. The van der Waals surface area contributed by atoms with E-state index in [0.717, 1.165) is 16.9 Å². The first-order chi connectivity index (χ1) is 11.5. The second-order valence-corrected chi connectivity index (χ2v) is 6.95. The normalized spacial score (nSPS) is 11.1. The van der Waals surface area contributed by atoms with Crippen molar-refractivity contribution in [2.75, 3.05) is 0 Å². The van der Waals surface area contributed by atoms with Gasteiger partial charge >= 0.3 is 0 Å². The number of rotatable bonds is 5. The molecule has 124 valence electrons. The van der Waals surface area contributed by atoms with Crippen LogP contribution in [0.2, 0.25) is 5.02 Å². The predicted molar refractivity (Wildman–Crippen MR) is 97.5 cm³/mol. The summed E-state index contributed by atoms with van der Waals surface area (Å²) in [6, 6.07) is 8.99. The molecule has 1 amide bonds. The molecule has 0 fully saturated rings. The number of nitrogens with two attached hydrogens (primary N) is 1. The quantitative estimate of drug-likeness (QED) is 0.757. The van der Waals surface area contributed by atoms with Gasteiger partial charge in [0.15, 0.2) is 0 Å². The minimum Gasteiger partial charge on any atom is -0.370 e. The Morgan fingerprint density at radius 3 is 2.67 bits per heavy atom. The van der Waals surface area contributed by atoms with Gasteiger partial charge < -0.3 is 5.73 Å². The number of aromatic nitrogens is 2. The number of carbonyl (C=O) groups is 1. The maximum absolute atomic E-state index is 12.9. The van der Waals surface area contributed by atoms with Crippen LogP contribution in [0.5, 0.6) is 0 Å². The standard InChI is InChI=1S/C17H16ClN3O2S/c1-2-12-9-13-16(24-12)20-15(10-3-5-11(18)6-4-10)21(17(13)23)8-7-14(19)22/h3-6,9H,2,7-8H2,1H3,(H2,19,22). The highest BCUT2D eigenvalue weighted by Crippen LogP contribution is 2.26. The van der Waals surface area contributed by atoms with E-state index in [1.807, 2.05) is 25.1 Å². The van der Waals surface area contributed by atoms with E-state index in [1.165, 1.54) is 15.9 Å². The summed E-state index contributed by atoms with van der Waals surface area (Å²) in [5.74, 6) is 0.0681. The van der Waals surface area contributed by atoms with Gasteiger partial charge in [-0.2, -0.15) is 0 Å². The number of nitrogens with zero attached hydrogens (tertiary/aromatic N) is 2. The van der Waals surface area contributed by atoms with Crippen molar-refractivity contribution in [1.29, 1.82) is 0 Å². The van der Waals surface area contributed by atoms with Gasteiger partial charge in [0.2, 0.25) is 5.91 Å². The lowest BCUT2D eigenvalue weighted by molar-refractivity contribution is -0.118. The van der Waals surface area contributed by atoms with E-state index in [0.29, 0.717) is 21.1 Å². The number of primary amides is 1. The highest BCUT2D eigenvalue weighted by molar-refractivity contribution is 7.18. The van der Waals surface area contributed by atoms with Gasteiger partial charge in [-0.3, -0.25) is 14.2 Å². The Morgan fingerprint density at radius 2 is 2.04 bits per heavy atom. The number of thiophene rings is 1. The zero-order valence-corrected chi connectivity index (χ0v) is 14.7. The number of amides is 1. The van der Waals surface area contributed by atoms with Crippen LogP contribution in [-0.4, -0.2) is 15.5 Å². The van der Waals surface area contributed by atoms with Gasteiger partial charge in [-0.1, -0.05) is 18.5 Å². The molecule has 0 bridgehead atoms. The molecule has 3 rings (SSSR count). The molecule has 0 spiro atoms. The minimum atomic E-state index is -0.455. The molecule has 2 heterocycles. The summed E-state index contributed by atoms with van der Waals surface area (Å²) in [6.45, 7) is 2.24. The Labute approximate surface area is 147 Å². The average molecular weight is 362 g/mol. The molecule has 1 aromatic carbocycles. The van der Waals surface area contributed by atoms with Crippen LogP contribution in [0, 0.1) is 0 Å². The van der Waals surface area contributed by atoms with Crippen molar-refractivity contribution in [3.63, 3.8) is 0 Å². The summed E-state index contributed by atoms with van der Waals surface area (Å²) in [5.41, 5.74) is 5.87. The fraction of sp³-hybridized carbons (Fsp3) is 0.235. The van der Waals surface area contributed by atoms with Crippen LogP contribution in [0.3, 0.4) is 0 Å². The minimum absolute atomic E-state index is 0.0818. The molecule has 2 N–H and O–H groups in total. The molecule has 0 saturated heterocycles. The molecule has 2 aromatic heterocycles. The average Bonchev–Trinajstić information content (AvgIpc) is 2.98. The molecular weight excluding hydrogens is 346 g/mol. The Bertz CT molecular complexity index is 960. The van der Waals surface area contributed by atoms with E-state index in [9.17, 15) is 9.59 Å². The number of benzene rings is 1. The molecule has 0 unspecified atom stereocenters. The first kappa shape index (κ1) is 16.7.